The zero-order valence-electron chi connectivity index (χ0n) is 22.3. The lowest BCUT2D eigenvalue weighted by molar-refractivity contribution is -0.139. The highest BCUT2D eigenvalue weighted by Crippen LogP contribution is 2.26. The van der Waals surface area contributed by atoms with Crippen LogP contribution in [-0.4, -0.2) is 44.8 Å². The zero-order chi connectivity index (χ0) is 29.4. The van der Waals surface area contributed by atoms with Crippen LogP contribution in [0.3, 0.4) is 0 Å². The van der Waals surface area contributed by atoms with Crippen molar-refractivity contribution in [2.75, 3.05) is 17.9 Å². The molecule has 0 bridgehead atoms. The van der Waals surface area contributed by atoms with Crippen LogP contribution in [0.1, 0.15) is 11.1 Å². The van der Waals surface area contributed by atoms with E-state index in [0.717, 1.165) is 34.1 Å². The van der Waals surface area contributed by atoms with Crippen molar-refractivity contribution in [1.29, 1.82) is 0 Å². The zero-order valence-corrected chi connectivity index (χ0v) is 23.9. The Bertz CT molecular complexity index is 1590. The molecule has 0 aliphatic heterocycles. The fourth-order valence-corrected chi connectivity index (χ4v) is 6.00. The van der Waals surface area contributed by atoms with Crippen molar-refractivity contribution < 1.29 is 22.4 Å². The lowest BCUT2D eigenvalue weighted by Crippen LogP contribution is -2.53. The van der Waals surface area contributed by atoms with Gasteiger partial charge in [0.1, 0.15) is 18.4 Å². The van der Waals surface area contributed by atoms with Crippen molar-refractivity contribution in [3.8, 4) is 0 Å². The summed E-state index contributed by atoms with van der Waals surface area (Å²) < 4.78 is 42.2. The third-order valence-corrected chi connectivity index (χ3v) is 8.70. The molecule has 41 heavy (non-hydrogen) atoms. The topological polar surface area (TPSA) is 86.8 Å². The summed E-state index contributed by atoms with van der Waals surface area (Å²) in [5, 5.41) is 3.04. The second-order valence-electron chi connectivity index (χ2n) is 9.23. The minimum absolute atomic E-state index is 0.0390. The van der Waals surface area contributed by atoms with Gasteiger partial charge in [-0.15, -0.1) is 0 Å². The van der Waals surface area contributed by atoms with Crippen molar-refractivity contribution in [3.05, 3.63) is 131 Å². The Hall–Kier alpha value is -4.21. The van der Waals surface area contributed by atoms with E-state index in [9.17, 15) is 22.4 Å². The summed E-state index contributed by atoms with van der Waals surface area (Å²) in [6, 6.07) is 27.7. The number of sulfonamides is 1. The molecule has 0 saturated heterocycles. The summed E-state index contributed by atoms with van der Waals surface area (Å²) in [6.45, 7) is -0.654. The molecule has 1 atom stereocenters. The van der Waals surface area contributed by atoms with Gasteiger partial charge in [0.15, 0.2) is 0 Å². The predicted octanol–water partition coefficient (Wildman–Crippen LogP) is 5.06. The molecule has 7 nitrogen and oxygen atoms in total. The van der Waals surface area contributed by atoms with Crippen molar-refractivity contribution in [2.24, 2.45) is 0 Å². The number of para-hydroxylation sites is 1. The van der Waals surface area contributed by atoms with E-state index in [-0.39, 0.29) is 23.5 Å². The van der Waals surface area contributed by atoms with Crippen LogP contribution in [0, 0.1) is 5.82 Å². The average molecular weight is 594 g/mol. The summed E-state index contributed by atoms with van der Waals surface area (Å²) in [6.07, 6.45) is 0.187. The first-order chi connectivity index (χ1) is 19.7. The fourth-order valence-electron chi connectivity index (χ4n) is 4.39. The van der Waals surface area contributed by atoms with Crippen LogP contribution in [0.25, 0.3) is 0 Å². The second-order valence-corrected chi connectivity index (χ2v) is 11.5. The van der Waals surface area contributed by atoms with Crippen LogP contribution in [0.4, 0.5) is 10.1 Å². The number of likely N-dealkylation sites (N-methyl/N-ethyl adjacent to an activating group) is 1. The minimum Gasteiger partial charge on any atom is -0.357 e. The quantitative estimate of drug-likeness (QED) is 0.263. The van der Waals surface area contributed by atoms with Gasteiger partial charge in [-0.1, -0.05) is 78.3 Å². The molecule has 10 heteroatoms. The normalized spacial score (nSPS) is 11.9. The molecule has 0 radical (unpaired) electrons. The predicted molar refractivity (Wildman–Crippen MR) is 157 cm³/mol. The summed E-state index contributed by atoms with van der Waals surface area (Å²) in [4.78, 5) is 28.6. The maximum Gasteiger partial charge on any atom is 0.264 e. The number of hydrogen-bond acceptors (Lipinski definition) is 4. The Morgan fingerprint density at radius 3 is 2.05 bits per heavy atom. The van der Waals surface area contributed by atoms with E-state index in [2.05, 4.69) is 5.32 Å². The maximum atomic E-state index is 14.2. The standard InChI is InChI=1S/C31H29ClFN3O4S/c1-34-31(38)29(20-23-10-4-2-5-11-23)35(21-24-12-8-9-15-28(24)32)30(37)22-36(26-13-6-3-7-14-26)41(39,40)27-18-16-25(33)17-19-27/h2-19,29H,20-22H2,1H3,(H,34,38)/t29-/m1/s1. The highest BCUT2D eigenvalue weighted by atomic mass is 35.5. The lowest BCUT2D eigenvalue weighted by Gasteiger charge is -2.33. The Kier molecular flexibility index (Phi) is 9.75. The van der Waals surface area contributed by atoms with Crippen molar-refractivity contribution in [3.63, 3.8) is 0 Å². The molecule has 0 fully saturated rings. The van der Waals surface area contributed by atoms with Gasteiger partial charge in [0.2, 0.25) is 11.8 Å². The van der Waals surface area contributed by atoms with Gasteiger partial charge in [-0.2, -0.15) is 0 Å². The number of hydrogen-bond donors (Lipinski definition) is 1. The monoisotopic (exact) mass is 593 g/mol. The fraction of sp³-hybridized carbons (Fsp3) is 0.161. The molecular weight excluding hydrogens is 565 g/mol. The van der Waals surface area contributed by atoms with E-state index in [0.29, 0.717) is 10.6 Å². The maximum absolute atomic E-state index is 14.2. The molecule has 0 aliphatic carbocycles. The summed E-state index contributed by atoms with van der Waals surface area (Å²) in [5.74, 6) is -1.63. The second kappa shape index (κ2) is 13.4. The molecular formula is C31H29ClFN3O4S. The van der Waals surface area contributed by atoms with Gasteiger partial charge < -0.3 is 10.2 Å². The first kappa shape index (κ1) is 29.8. The first-order valence-corrected chi connectivity index (χ1v) is 14.6. The number of amides is 2. The van der Waals surface area contributed by atoms with Gasteiger partial charge in [-0.05, 0) is 53.6 Å². The molecule has 4 aromatic carbocycles. The molecule has 0 saturated carbocycles. The molecule has 0 aliphatic rings. The summed E-state index contributed by atoms with van der Waals surface area (Å²) in [7, 11) is -2.82. The highest BCUT2D eigenvalue weighted by Gasteiger charge is 2.34. The number of nitrogens with zero attached hydrogens (tertiary/aromatic N) is 2. The van der Waals surface area contributed by atoms with Gasteiger partial charge >= 0.3 is 0 Å². The van der Waals surface area contributed by atoms with Gasteiger partial charge in [0.05, 0.1) is 10.6 Å². The van der Waals surface area contributed by atoms with Crippen LogP contribution in [0.2, 0.25) is 5.02 Å². The molecule has 212 valence electrons. The van der Waals surface area contributed by atoms with Crippen LogP contribution >= 0.6 is 11.6 Å². The number of carbonyl (C=O) groups excluding carboxylic acids is 2. The average Bonchev–Trinajstić information content (AvgIpc) is 2.99. The number of benzene rings is 4. The smallest absolute Gasteiger partial charge is 0.264 e. The first-order valence-electron chi connectivity index (χ1n) is 12.8. The molecule has 0 unspecified atom stereocenters. The van der Waals surface area contributed by atoms with Crippen molar-refractivity contribution in [1.82, 2.24) is 10.2 Å². The molecule has 4 aromatic rings. The van der Waals surface area contributed by atoms with E-state index in [1.54, 1.807) is 54.6 Å². The van der Waals surface area contributed by atoms with E-state index in [1.165, 1.54) is 11.9 Å². The van der Waals surface area contributed by atoms with Crippen LogP contribution in [-0.2, 0) is 32.6 Å². The van der Waals surface area contributed by atoms with Gasteiger partial charge in [-0.25, -0.2) is 12.8 Å². The molecule has 0 spiro atoms. The molecule has 0 aromatic heterocycles. The van der Waals surface area contributed by atoms with E-state index >= 15 is 0 Å². The third kappa shape index (κ3) is 7.31. The molecule has 2 amide bonds. The number of nitrogens with one attached hydrogen (secondary N) is 1. The molecule has 0 heterocycles. The van der Waals surface area contributed by atoms with Gasteiger partial charge in [0.25, 0.3) is 10.0 Å². The van der Waals surface area contributed by atoms with E-state index in [1.807, 2.05) is 30.3 Å². The lowest BCUT2D eigenvalue weighted by atomic mass is 10.0. The Labute approximate surface area is 244 Å². The van der Waals surface area contributed by atoms with Crippen LogP contribution in [0.5, 0.6) is 0 Å². The Balaban J connectivity index is 1.78. The number of anilines is 1. The number of carbonyl (C=O) groups is 2. The van der Waals surface area contributed by atoms with Crippen LogP contribution in [0.15, 0.2) is 114 Å². The third-order valence-electron chi connectivity index (χ3n) is 6.54. The Morgan fingerprint density at radius 1 is 0.854 bits per heavy atom. The molecule has 4 rings (SSSR count). The highest BCUT2D eigenvalue weighted by molar-refractivity contribution is 7.92. The Morgan fingerprint density at radius 2 is 1.44 bits per heavy atom. The summed E-state index contributed by atoms with van der Waals surface area (Å²) in [5.41, 5.74) is 1.65. The molecule has 1 N–H and O–H groups in total. The summed E-state index contributed by atoms with van der Waals surface area (Å²) >= 11 is 6.44. The van der Waals surface area contributed by atoms with Crippen molar-refractivity contribution in [2.45, 2.75) is 23.9 Å². The van der Waals surface area contributed by atoms with E-state index < -0.39 is 40.2 Å². The number of halogens is 2. The minimum atomic E-state index is -4.30. The van der Waals surface area contributed by atoms with Crippen molar-refractivity contribution >= 4 is 39.1 Å². The van der Waals surface area contributed by atoms with Gasteiger partial charge in [0, 0.05) is 25.0 Å². The van der Waals surface area contributed by atoms with Crippen LogP contribution < -0.4 is 9.62 Å². The largest absolute Gasteiger partial charge is 0.357 e. The SMILES string of the molecule is CNC(=O)[C@@H](Cc1ccccc1)N(Cc1ccccc1Cl)C(=O)CN(c1ccccc1)S(=O)(=O)c1ccc(F)cc1. The van der Waals surface area contributed by atoms with Gasteiger partial charge in [-0.3, -0.25) is 13.9 Å². The number of rotatable bonds is 11. The van der Waals surface area contributed by atoms with E-state index in [4.69, 9.17) is 11.6 Å².